The van der Waals surface area contributed by atoms with Crippen molar-refractivity contribution in [3.63, 3.8) is 0 Å². The molecule has 31 heavy (non-hydrogen) atoms. The summed E-state index contributed by atoms with van der Waals surface area (Å²) in [4.78, 5) is 46.8. The van der Waals surface area contributed by atoms with Crippen molar-refractivity contribution in [1.29, 1.82) is 0 Å². The fourth-order valence-electron chi connectivity index (χ4n) is 3.69. The number of nitrogens with zero attached hydrogens (tertiary/aromatic N) is 3. The Hall–Kier alpha value is -3.04. The van der Waals surface area contributed by atoms with Crippen LogP contribution in [0.5, 0.6) is 5.75 Å². The Morgan fingerprint density at radius 1 is 1.32 bits per heavy atom. The van der Waals surface area contributed by atoms with Crippen molar-refractivity contribution in [1.82, 2.24) is 15.2 Å². The number of Topliss-reactive ketones (excluding diaryl/α,β-unsaturated/α-hetero) is 1. The van der Waals surface area contributed by atoms with Crippen LogP contribution in [0.25, 0.3) is 0 Å². The summed E-state index contributed by atoms with van der Waals surface area (Å²) in [5, 5.41) is 3.16. The zero-order chi connectivity index (χ0) is 22.1. The van der Waals surface area contributed by atoms with Gasteiger partial charge in [-0.15, -0.1) is 11.3 Å². The second kappa shape index (κ2) is 8.60. The number of amides is 1. The number of rotatable bonds is 6. The summed E-state index contributed by atoms with van der Waals surface area (Å²) >= 11 is 0.984. The molecule has 0 radical (unpaired) electrons. The third-order valence-electron chi connectivity index (χ3n) is 5.29. The van der Waals surface area contributed by atoms with E-state index in [1.165, 1.54) is 6.08 Å². The second-order valence-corrected chi connectivity index (χ2v) is 8.73. The number of thiazole rings is 1. The first-order valence-electron chi connectivity index (χ1n) is 10.1. The van der Waals surface area contributed by atoms with Crippen molar-refractivity contribution in [2.45, 2.75) is 12.8 Å². The van der Waals surface area contributed by atoms with Gasteiger partial charge in [-0.1, -0.05) is 0 Å². The van der Waals surface area contributed by atoms with Gasteiger partial charge < -0.3 is 19.9 Å². The minimum atomic E-state index is -0.354. The number of ether oxygens (including phenoxy) is 1. The predicted octanol–water partition coefficient (Wildman–Crippen LogP) is 2.16. The van der Waals surface area contributed by atoms with E-state index in [-0.39, 0.29) is 38.7 Å². The molecule has 0 atom stereocenters. The second-order valence-electron chi connectivity index (χ2n) is 7.73. The number of hydrogen-bond acceptors (Lipinski definition) is 8. The molecule has 0 saturated carbocycles. The summed E-state index contributed by atoms with van der Waals surface area (Å²) in [6.45, 7) is 1.79. The normalized spacial score (nSPS) is 15.5. The van der Waals surface area contributed by atoms with Crippen molar-refractivity contribution in [2.24, 2.45) is 0 Å². The van der Waals surface area contributed by atoms with Gasteiger partial charge in [-0.25, -0.2) is 4.98 Å². The lowest BCUT2D eigenvalue weighted by atomic mass is 10.0. The van der Waals surface area contributed by atoms with E-state index in [9.17, 15) is 14.4 Å². The molecule has 0 saturated heterocycles. The van der Waals surface area contributed by atoms with Crippen LogP contribution in [0.4, 0.5) is 5.69 Å². The fraction of sp³-hybridized carbons (Fsp3) is 0.364. The maximum Gasteiger partial charge on any atom is 0.287 e. The Bertz CT molecular complexity index is 1090. The van der Waals surface area contributed by atoms with Crippen molar-refractivity contribution in [3.05, 3.63) is 51.1 Å². The quantitative estimate of drug-likeness (QED) is 0.736. The molecule has 0 unspecified atom stereocenters. The van der Waals surface area contributed by atoms with Crippen LogP contribution in [-0.4, -0.2) is 68.2 Å². The summed E-state index contributed by atoms with van der Waals surface area (Å²) in [7, 11) is 5.46. The molecule has 0 bridgehead atoms. The summed E-state index contributed by atoms with van der Waals surface area (Å²) < 4.78 is 5.29. The number of allylic oxidation sites excluding steroid dienone is 2. The molecule has 1 aliphatic heterocycles. The monoisotopic (exact) mass is 440 g/mol. The van der Waals surface area contributed by atoms with Crippen LogP contribution in [0.1, 0.15) is 41.9 Å². The van der Waals surface area contributed by atoms with Gasteiger partial charge in [-0.3, -0.25) is 14.4 Å². The molecule has 2 heterocycles. The van der Waals surface area contributed by atoms with E-state index < -0.39 is 0 Å². The summed E-state index contributed by atoms with van der Waals surface area (Å²) in [5.74, 6) is -0.211. The molecule has 9 heteroatoms. The number of ketones is 2. The third kappa shape index (κ3) is 4.11. The number of benzene rings is 1. The molecule has 1 amide bonds. The molecule has 8 nitrogen and oxygen atoms in total. The molecule has 1 aliphatic carbocycles. The average molecular weight is 441 g/mol. The van der Waals surface area contributed by atoms with Gasteiger partial charge in [0.05, 0.1) is 12.8 Å². The largest absolute Gasteiger partial charge is 0.497 e. The SMILES string of the molecule is COc1ccc2c(c1)CCCN2C(=O)c1nc2c(s1)C(=O)C=C(NCCN(C)C)C2=O. The van der Waals surface area contributed by atoms with E-state index >= 15 is 0 Å². The van der Waals surface area contributed by atoms with Crippen LogP contribution in [0.3, 0.4) is 0 Å². The maximum absolute atomic E-state index is 13.3. The van der Waals surface area contributed by atoms with Crippen LogP contribution < -0.4 is 15.0 Å². The molecular weight excluding hydrogens is 416 g/mol. The average Bonchev–Trinajstić information content (AvgIpc) is 3.22. The lowest BCUT2D eigenvalue weighted by Gasteiger charge is -2.29. The van der Waals surface area contributed by atoms with Crippen LogP contribution in [0.15, 0.2) is 30.0 Å². The molecule has 4 rings (SSSR count). The van der Waals surface area contributed by atoms with Crippen LogP contribution in [0, 0.1) is 0 Å². The third-order valence-corrected chi connectivity index (χ3v) is 6.35. The lowest BCUT2D eigenvalue weighted by molar-refractivity contribution is 0.0973. The number of aromatic nitrogens is 1. The minimum Gasteiger partial charge on any atom is -0.497 e. The highest BCUT2D eigenvalue weighted by molar-refractivity contribution is 7.16. The van der Waals surface area contributed by atoms with E-state index in [2.05, 4.69) is 10.3 Å². The number of methoxy groups -OCH3 is 1. The zero-order valence-electron chi connectivity index (χ0n) is 17.7. The lowest BCUT2D eigenvalue weighted by Crippen LogP contribution is -2.35. The van der Waals surface area contributed by atoms with Crippen LogP contribution in [-0.2, 0) is 6.42 Å². The standard InChI is InChI=1S/C22H24N4O4S/c1-25(2)10-8-23-15-12-17(27)20-18(19(15)28)24-21(31-20)22(29)26-9-4-5-13-11-14(30-3)6-7-16(13)26/h6-7,11-12,23H,4-5,8-10H2,1-3H3. The van der Waals surface area contributed by atoms with Crippen molar-refractivity contribution in [3.8, 4) is 5.75 Å². The number of carbonyl (C=O) groups is 3. The molecule has 0 spiro atoms. The molecule has 1 aromatic carbocycles. The Morgan fingerprint density at radius 3 is 2.87 bits per heavy atom. The molecule has 162 valence electrons. The van der Waals surface area contributed by atoms with Gasteiger partial charge in [0, 0.05) is 31.4 Å². The fourth-order valence-corrected chi connectivity index (χ4v) is 4.62. The van der Waals surface area contributed by atoms with E-state index in [0.717, 1.165) is 41.2 Å². The van der Waals surface area contributed by atoms with Crippen molar-refractivity contribution in [2.75, 3.05) is 45.7 Å². The number of aryl methyl sites for hydroxylation is 1. The molecule has 2 aromatic rings. The maximum atomic E-state index is 13.3. The molecule has 0 fully saturated rings. The topological polar surface area (TPSA) is 91.8 Å². The highest BCUT2D eigenvalue weighted by atomic mass is 32.1. The Labute approximate surface area is 184 Å². The number of anilines is 1. The molecule has 1 N–H and O–H groups in total. The van der Waals surface area contributed by atoms with Gasteiger partial charge in [-0.2, -0.15) is 0 Å². The first-order chi connectivity index (χ1) is 14.9. The highest BCUT2D eigenvalue weighted by Crippen LogP contribution is 2.33. The molecule has 2 aliphatic rings. The Balaban J connectivity index is 1.58. The van der Waals surface area contributed by atoms with E-state index in [1.807, 2.05) is 37.2 Å². The van der Waals surface area contributed by atoms with Crippen molar-refractivity contribution >= 4 is 34.5 Å². The van der Waals surface area contributed by atoms with Gasteiger partial charge in [0.15, 0.2) is 10.8 Å². The van der Waals surface area contributed by atoms with Gasteiger partial charge in [0.1, 0.15) is 16.3 Å². The van der Waals surface area contributed by atoms with Gasteiger partial charge >= 0.3 is 0 Å². The van der Waals surface area contributed by atoms with Crippen LogP contribution in [0.2, 0.25) is 0 Å². The number of carbonyl (C=O) groups excluding carboxylic acids is 3. The number of nitrogens with one attached hydrogen (secondary N) is 1. The van der Waals surface area contributed by atoms with Crippen molar-refractivity contribution < 1.29 is 19.1 Å². The number of hydrogen-bond donors (Lipinski definition) is 1. The first kappa shape index (κ1) is 21.2. The minimum absolute atomic E-state index is 0.0557. The Morgan fingerprint density at radius 2 is 2.13 bits per heavy atom. The predicted molar refractivity (Wildman–Crippen MR) is 118 cm³/mol. The summed E-state index contributed by atoms with van der Waals surface area (Å²) in [5.41, 5.74) is 2.12. The highest BCUT2D eigenvalue weighted by Gasteiger charge is 2.33. The van der Waals surface area contributed by atoms with E-state index in [0.29, 0.717) is 19.6 Å². The smallest absolute Gasteiger partial charge is 0.287 e. The molecular formula is C22H24N4O4S. The van der Waals surface area contributed by atoms with E-state index in [4.69, 9.17) is 4.74 Å². The number of likely N-dealkylation sites (N-methyl/N-ethyl adjacent to an activating group) is 1. The first-order valence-corrected chi connectivity index (χ1v) is 10.9. The summed E-state index contributed by atoms with van der Waals surface area (Å²) in [6, 6.07) is 5.62. The zero-order valence-corrected chi connectivity index (χ0v) is 18.5. The summed E-state index contributed by atoms with van der Waals surface area (Å²) in [6.07, 6.45) is 2.97. The van der Waals surface area contributed by atoms with Crippen LogP contribution >= 0.6 is 11.3 Å². The van der Waals surface area contributed by atoms with Gasteiger partial charge in [-0.05, 0) is 50.7 Å². The van der Waals surface area contributed by atoms with Gasteiger partial charge in [0.25, 0.3) is 5.91 Å². The Kier molecular flexibility index (Phi) is 5.88. The number of fused-ring (bicyclic) bond motifs is 2. The van der Waals surface area contributed by atoms with E-state index in [1.54, 1.807) is 12.0 Å². The molecule has 1 aromatic heterocycles. The van der Waals surface area contributed by atoms with Gasteiger partial charge in [0.2, 0.25) is 5.78 Å².